The molecule has 0 atom stereocenters. The van der Waals surface area contributed by atoms with Crippen molar-refractivity contribution in [1.29, 1.82) is 0 Å². The highest BCUT2D eigenvalue weighted by atomic mass is 35.5. The number of aryl methyl sites for hydroxylation is 2. The molecule has 5 nitrogen and oxygen atoms in total. The molecular weight excluding hydrogens is 404 g/mol. The lowest BCUT2D eigenvalue weighted by molar-refractivity contribution is 0.598. The molecule has 0 unspecified atom stereocenters. The van der Waals surface area contributed by atoms with Crippen molar-refractivity contribution in [2.75, 3.05) is 5.75 Å². The predicted octanol–water partition coefficient (Wildman–Crippen LogP) is 3.90. The fourth-order valence-corrected chi connectivity index (χ4v) is 6.56. The predicted molar refractivity (Wildman–Crippen MR) is 108 cm³/mol. The molecule has 4 rings (SSSR count). The maximum Gasteiger partial charge on any atom is 0.271 e. The van der Waals surface area contributed by atoms with Crippen LogP contribution < -0.4 is 5.56 Å². The zero-order valence-corrected chi connectivity index (χ0v) is 17.0. The molecule has 0 fully saturated rings. The smallest absolute Gasteiger partial charge is 0.267 e. The SMILES string of the molecule is CCCc1cc2c(s1)S(=O)(=O)CCc1cc(=O)n(-c3ccc(Cl)cc3)nc1-2. The van der Waals surface area contributed by atoms with Crippen molar-refractivity contribution in [3.05, 3.63) is 62.2 Å². The van der Waals surface area contributed by atoms with Gasteiger partial charge in [-0.1, -0.05) is 24.9 Å². The highest BCUT2D eigenvalue weighted by Crippen LogP contribution is 2.39. The second-order valence-corrected chi connectivity index (χ2v) is 10.4. The molecular formula is C19H17ClN2O3S2. The zero-order chi connectivity index (χ0) is 19.2. The van der Waals surface area contributed by atoms with Gasteiger partial charge in [-0.2, -0.15) is 9.78 Å². The lowest BCUT2D eigenvalue weighted by Crippen LogP contribution is -2.22. The van der Waals surface area contributed by atoms with Gasteiger partial charge in [0.2, 0.25) is 0 Å². The summed E-state index contributed by atoms with van der Waals surface area (Å²) in [5.74, 6) is -0.00877. The Morgan fingerprint density at radius 3 is 2.67 bits per heavy atom. The lowest BCUT2D eigenvalue weighted by atomic mass is 10.1. The molecule has 0 saturated carbocycles. The standard InChI is InChI=1S/C19H17ClN2O3S2/c1-2-3-15-11-16-18-12(8-9-27(24,25)19(16)26-15)10-17(23)22(21-18)14-6-4-13(20)5-7-14/h4-7,10-11H,2-3,8-9H2,1H3. The van der Waals surface area contributed by atoms with E-state index in [4.69, 9.17) is 11.6 Å². The topological polar surface area (TPSA) is 69.0 Å². The number of sulfone groups is 1. The third-order valence-corrected chi connectivity index (χ3v) is 8.28. The molecule has 3 heterocycles. The average molecular weight is 421 g/mol. The van der Waals surface area contributed by atoms with Crippen LogP contribution in [0, 0.1) is 0 Å². The van der Waals surface area contributed by atoms with Gasteiger partial charge in [0.25, 0.3) is 5.56 Å². The lowest BCUT2D eigenvalue weighted by Gasteiger charge is -2.10. The number of rotatable bonds is 3. The van der Waals surface area contributed by atoms with Crippen molar-refractivity contribution in [1.82, 2.24) is 9.78 Å². The van der Waals surface area contributed by atoms with Crippen LogP contribution in [0.25, 0.3) is 16.9 Å². The van der Waals surface area contributed by atoms with Crippen molar-refractivity contribution in [2.45, 2.75) is 30.4 Å². The third kappa shape index (κ3) is 3.35. The summed E-state index contributed by atoms with van der Waals surface area (Å²) in [4.78, 5) is 13.6. The first kappa shape index (κ1) is 18.4. The van der Waals surface area contributed by atoms with E-state index in [1.807, 2.05) is 6.07 Å². The number of aromatic nitrogens is 2. The maximum atomic E-state index is 12.7. The minimum atomic E-state index is -3.39. The molecule has 0 saturated heterocycles. The number of nitrogens with zero attached hydrogens (tertiary/aromatic N) is 2. The van der Waals surface area contributed by atoms with Crippen LogP contribution in [0.4, 0.5) is 0 Å². The molecule has 140 valence electrons. The summed E-state index contributed by atoms with van der Waals surface area (Å²) in [6, 6.07) is 10.2. The third-order valence-electron chi connectivity index (χ3n) is 4.50. The van der Waals surface area contributed by atoms with E-state index in [0.29, 0.717) is 31.7 Å². The first-order valence-corrected chi connectivity index (χ1v) is 11.5. The first-order valence-electron chi connectivity index (χ1n) is 8.64. The van der Waals surface area contributed by atoms with Gasteiger partial charge in [0.05, 0.1) is 17.1 Å². The molecule has 8 heteroatoms. The van der Waals surface area contributed by atoms with Gasteiger partial charge in [0, 0.05) is 21.5 Å². The molecule has 1 aliphatic heterocycles. The van der Waals surface area contributed by atoms with E-state index >= 15 is 0 Å². The molecule has 0 radical (unpaired) electrons. The molecule has 0 amide bonds. The maximum absolute atomic E-state index is 12.7. The minimum absolute atomic E-state index is 0.00877. The van der Waals surface area contributed by atoms with E-state index in [9.17, 15) is 13.2 Å². The second kappa shape index (κ2) is 6.89. The van der Waals surface area contributed by atoms with Crippen LogP contribution in [0.1, 0.15) is 23.8 Å². The molecule has 0 aliphatic carbocycles. The summed E-state index contributed by atoms with van der Waals surface area (Å²) in [6.07, 6.45) is 2.04. The fourth-order valence-electron chi connectivity index (χ4n) is 3.20. The summed E-state index contributed by atoms with van der Waals surface area (Å²) in [5.41, 5.74) is 2.15. The normalized spacial score (nSPS) is 15.0. The first-order chi connectivity index (χ1) is 12.9. The van der Waals surface area contributed by atoms with E-state index in [-0.39, 0.29) is 17.7 Å². The summed E-state index contributed by atoms with van der Waals surface area (Å²) < 4.78 is 27.1. The van der Waals surface area contributed by atoms with Gasteiger partial charge in [-0.3, -0.25) is 4.79 Å². The number of benzene rings is 1. The van der Waals surface area contributed by atoms with Crippen LogP contribution in [0.15, 0.2) is 45.4 Å². The Labute approximate surface area is 166 Å². The Bertz CT molecular complexity index is 1180. The van der Waals surface area contributed by atoms with Crippen molar-refractivity contribution in [3.8, 4) is 16.9 Å². The summed E-state index contributed by atoms with van der Waals surface area (Å²) in [5, 5.41) is 5.12. The molecule has 2 aromatic heterocycles. The number of hydrogen-bond acceptors (Lipinski definition) is 5. The number of hydrogen-bond donors (Lipinski definition) is 0. The van der Waals surface area contributed by atoms with Crippen LogP contribution in [0.5, 0.6) is 0 Å². The molecule has 3 aromatic rings. The van der Waals surface area contributed by atoms with Crippen LogP contribution in [-0.2, 0) is 22.7 Å². The second-order valence-electron chi connectivity index (χ2n) is 6.48. The van der Waals surface area contributed by atoms with E-state index in [2.05, 4.69) is 12.0 Å². The average Bonchev–Trinajstić information content (AvgIpc) is 3.02. The van der Waals surface area contributed by atoms with Crippen molar-refractivity contribution >= 4 is 32.8 Å². The fraction of sp³-hybridized carbons (Fsp3) is 0.263. The van der Waals surface area contributed by atoms with E-state index in [1.165, 1.54) is 22.1 Å². The zero-order valence-electron chi connectivity index (χ0n) is 14.6. The largest absolute Gasteiger partial charge is 0.271 e. The monoisotopic (exact) mass is 420 g/mol. The quantitative estimate of drug-likeness (QED) is 0.644. The minimum Gasteiger partial charge on any atom is -0.267 e. The van der Waals surface area contributed by atoms with Gasteiger partial charge in [0.1, 0.15) is 4.21 Å². The Hall–Kier alpha value is -1.96. The van der Waals surface area contributed by atoms with Crippen LogP contribution in [0.3, 0.4) is 0 Å². The van der Waals surface area contributed by atoms with Gasteiger partial charge >= 0.3 is 0 Å². The van der Waals surface area contributed by atoms with Gasteiger partial charge < -0.3 is 0 Å². The van der Waals surface area contributed by atoms with Crippen LogP contribution in [-0.4, -0.2) is 24.0 Å². The molecule has 0 spiro atoms. The van der Waals surface area contributed by atoms with Gasteiger partial charge in [-0.25, -0.2) is 8.42 Å². The van der Waals surface area contributed by atoms with Crippen LogP contribution in [0.2, 0.25) is 5.02 Å². The van der Waals surface area contributed by atoms with Crippen molar-refractivity contribution < 1.29 is 8.42 Å². The molecule has 0 N–H and O–H groups in total. The molecule has 1 aromatic carbocycles. The number of halogens is 1. The van der Waals surface area contributed by atoms with Gasteiger partial charge in [0.15, 0.2) is 9.84 Å². The Balaban J connectivity index is 1.96. The Kier molecular flexibility index (Phi) is 4.70. The van der Waals surface area contributed by atoms with Crippen molar-refractivity contribution in [2.24, 2.45) is 0 Å². The van der Waals surface area contributed by atoms with Gasteiger partial charge in [-0.05, 0) is 48.7 Å². The Morgan fingerprint density at radius 1 is 1.22 bits per heavy atom. The van der Waals surface area contributed by atoms with E-state index in [0.717, 1.165) is 17.7 Å². The summed E-state index contributed by atoms with van der Waals surface area (Å²) in [6.45, 7) is 2.06. The summed E-state index contributed by atoms with van der Waals surface area (Å²) in [7, 11) is -3.39. The molecule has 1 aliphatic rings. The highest BCUT2D eigenvalue weighted by molar-refractivity contribution is 7.93. The van der Waals surface area contributed by atoms with Crippen molar-refractivity contribution in [3.63, 3.8) is 0 Å². The Morgan fingerprint density at radius 2 is 1.96 bits per heavy atom. The molecule has 27 heavy (non-hydrogen) atoms. The highest BCUT2D eigenvalue weighted by Gasteiger charge is 2.30. The molecule has 0 bridgehead atoms. The van der Waals surface area contributed by atoms with E-state index < -0.39 is 9.84 Å². The summed E-state index contributed by atoms with van der Waals surface area (Å²) >= 11 is 7.25. The number of thiophene rings is 1. The van der Waals surface area contributed by atoms with Crippen LogP contribution >= 0.6 is 22.9 Å². The van der Waals surface area contributed by atoms with E-state index in [1.54, 1.807) is 24.3 Å². The number of fused-ring (bicyclic) bond motifs is 3. The van der Waals surface area contributed by atoms with Gasteiger partial charge in [-0.15, -0.1) is 11.3 Å².